The van der Waals surface area contributed by atoms with Gasteiger partial charge in [0.05, 0.1) is 0 Å². The molecule has 1 aliphatic carbocycles. The van der Waals surface area contributed by atoms with Gasteiger partial charge in [0, 0.05) is 17.1 Å². The standard InChI is InChI=1S/C15H25.Fe/c1-5-6-7-9-13-10-8-11-14(13)12-15(2,3)4;/h11H,5-9,12H2,1-4H3;/q-1;. The quantitative estimate of drug-likeness (QED) is 0.368. The second-order valence-electron chi connectivity index (χ2n) is 5.78. The third kappa shape index (κ3) is 5.91. The van der Waals surface area contributed by atoms with E-state index in [4.69, 9.17) is 0 Å². The molecule has 0 N–H and O–H groups in total. The van der Waals surface area contributed by atoms with Crippen LogP contribution in [0, 0.1) is 11.5 Å². The molecule has 0 bridgehead atoms. The minimum absolute atomic E-state index is 0. The summed E-state index contributed by atoms with van der Waals surface area (Å²) >= 11 is 0. The summed E-state index contributed by atoms with van der Waals surface area (Å²) in [6.45, 7) is 9.21. The molecular formula is C15H25Fe-. The molecule has 16 heavy (non-hydrogen) atoms. The van der Waals surface area contributed by atoms with Crippen molar-refractivity contribution in [2.24, 2.45) is 5.41 Å². The summed E-state index contributed by atoms with van der Waals surface area (Å²) in [5.41, 5.74) is 3.49. The molecule has 0 heterocycles. The van der Waals surface area contributed by atoms with E-state index in [1.807, 2.05) is 0 Å². The number of hydrogen-bond donors (Lipinski definition) is 0. The molecule has 0 aromatic rings. The van der Waals surface area contributed by atoms with Crippen molar-refractivity contribution in [1.29, 1.82) is 0 Å². The van der Waals surface area contributed by atoms with Crippen molar-refractivity contribution in [2.45, 2.75) is 66.2 Å². The molecule has 1 aliphatic rings. The average molecular weight is 261 g/mol. The van der Waals surface area contributed by atoms with E-state index < -0.39 is 0 Å². The molecular weight excluding hydrogens is 236 g/mol. The first-order valence-corrected chi connectivity index (χ1v) is 6.32. The van der Waals surface area contributed by atoms with Crippen LogP contribution >= 0.6 is 0 Å². The van der Waals surface area contributed by atoms with Gasteiger partial charge in [-0.1, -0.05) is 59.8 Å². The fraction of sp³-hybridized carbons (Fsp3) is 0.733. The van der Waals surface area contributed by atoms with Gasteiger partial charge in [0.2, 0.25) is 0 Å². The predicted molar refractivity (Wildman–Crippen MR) is 67.7 cm³/mol. The van der Waals surface area contributed by atoms with Gasteiger partial charge in [0.15, 0.2) is 0 Å². The average Bonchev–Trinajstić information content (AvgIpc) is 2.50. The maximum Gasteiger partial charge on any atom is 0 e. The minimum atomic E-state index is 0. The third-order valence-corrected chi connectivity index (χ3v) is 2.80. The van der Waals surface area contributed by atoms with Gasteiger partial charge < -0.3 is 0 Å². The Bertz CT molecular complexity index is 253. The van der Waals surface area contributed by atoms with Crippen LogP contribution in [0.2, 0.25) is 0 Å². The van der Waals surface area contributed by atoms with E-state index in [9.17, 15) is 0 Å². The molecule has 1 rings (SSSR count). The summed E-state index contributed by atoms with van der Waals surface area (Å²) in [5, 5.41) is 0. The first-order chi connectivity index (χ1) is 7.03. The molecule has 94 valence electrons. The molecule has 1 heteroatoms. The predicted octanol–water partition coefficient (Wildman–Crippen LogP) is 5.06. The second kappa shape index (κ2) is 7.35. The maximum absolute atomic E-state index is 3.51. The summed E-state index contributed by atoms with van der Waals surface area (Å²) in [4.78, 5) is 0. The van der Waals surface area contributed by atoms with Crippen molar-refractivity contribution in [3.63, 3.8) is 0 Å². The Labute approximate surface area is 112 Å². The van der Waals surface area contributed by atoms with Crippen molar-refractivity contribution in [3.05, 3.63) is 23.3 Å². The van der Waals surface area contributed by atoms with E-state index in [1.165, 1.54) is 37.7 Å². The zero-order chi connectivity index (χ0) is 11.3. The van der Waals surface area contributed by atoms with Gasteiger partial charge in [-0.15, -0.1) is 6.42 Å². The summed E-state index contributed by atoms with van der Waals surface area (Å²) in [6, 6.07) is 0. The van der Waals surface area contributed by atoms with Gasteiger partial charge >= 0.3 is 0 Å². The first-order valence-electron chi connectivity index (χ1n) is 6.32. The van der Waals surface area contributed by atoms with Gasteiger partial charge in [-0.3, -0.25) is 6.08 Å². The summed E-state index contributed by atoms with van der Waals surface area (Å²) in [7, 11) is 0. The largest absolute Gasteiger partial charge is 0.269 e. The van der Waals surface area contributed by atoms with Crippen LogP contribution in [0.1, 0.15) is 66.2 Å². The molecule has 0 unspecified atom stereocenters. The monoisotopic (exact) mass is 261 g/mol. The molecule has 0 spiro atoms. The van der Waals surface area contributed by atoms with Crippen LogP contribution in [0.4, 0.5) is 0 Å². The maximum atomic E-state index is 3.51. The number of hydrogen-bond acceptors (Lipinski definition) is 0. The van der Waals surface area contributed by atoms with E-state index in [2.05, 4.69) is 39.8 Å². The third-order valence-electron chi connectivity index (χ3n) is 2.80. The van der Waals surface area contributed by atoms with Gasteiger partial charge in [-0.2, -0.15) is 11.6 Å². The molecule has 0 atom stereocenters. The zero-order valence-electron chi connectivity index (χ0n) is 11.2. The SMILES string of the molecule is CCCCCC1=[C-]CC=C1CC(C)(C)C.[Fe]. The van der Waals surface area contributed by atoms with Crippen LogP contribution < -0.4 is 0 Å². The Balaban J connectivity index is 0.00000225. The van der Waals surface area contributed by atoms with E-state index in [0.717, 1.165) is 6.42 Å². The van der Waals surface area contributed by atoms with E-state index in [-0.39, 0.29) is 17.1 Å². The number of unbranched alkanes of at least 4 members (excludes halogenated alkanes) is 2. The van der Waals surface area contributed by atoms with E-state index in [0.29, 0.717) is 5.41 Å². The van der Waals surface area contributed by atoms with Crippen molar-refractivity contribution in [2.75, 3.05) is 0 Å². The van der Waals surface area contributed by atoms with E-state index in [1.54, 1.807) is 5.57 Å². The topological polar surface area (TPSA) is 0 Å². The Morgan fingerprint density at radius 3 is 2.50 bits per heavy atom. The number of rotatable bonds is 5. The summed E-state index contributed by atoms with van der Waals surface area (Å²) in [5.74, 6) is 0. The Kier molecular flexibility index (Phi) is 7.35. The minimum Gasteiger partial charge on any atom is -0.269 e. The van der Waals surface area contributed by atoms with Gasteiger partial charge in [-0.25, -0.2) is 5.57 Å². The smallest absolute Gasteiger partial charge is 0 e. The molecule has 0 aliphatic heterocycles. The first kappa shape index (κ1) is 16.0. The molecule has 0 aromatic carbocycles. The molecule has 0 fully saturated rings. The van der Waals surface area contributed by atoms with Crippen molar-refractivity contribution in [3.8, 4) is 0 Å². The van der Waals surface area contributed by atoms with Crippen LogP contribution in [0.25, 0.3) is 0 Å². The van der Waals surface area contributed by atoms with Crippen LogP contribution in [-0.2, 0) is 17.1 Å². The fourth-order valence-electron chi connectivity index (χ4n) is 2.09. The van der Waals surface area contributed by atoms with Crippen LogP contribution in [0.3, 0.4) is 0 Å². The van der Waals surface area contributed by atoms with Crippen LogP contribution in [0.5, 0.6) is 0 Å². The molecule has 0 saturated carbocycles. The second-order valence-corrected chi connectivity index (χ2v) is 5.78. The zero-order valence-corrected chi connectivity index (χ0v) is 12.3. The van der Waals surface area contributed by atoms with Crippen molar-refractivity contribution >= 4 is 0 Å². The van der Waals surface area contributed by atoms with Crippen LogP contribution in [-0.4, -0.2) is 0 Å². The molecule has 0 aromatic heterocycles. The number of allylic oxidation sites excluding steroid dienone is 4. The van der Waals surface area contributed by atoms with Crippen molar-refractivity contribution in [1.82, 2.24) is 0 Å². The van der Waals surface area contributed by atoms with Gasteiger partial charge in [0.1, 0.15) is 0 Å². The fourth-order valence-corrected chi connectivity index (χ4v) is 2.09. The molecule has 0 saturated heterocycles. The Morgan fingerprint density at radius 1 is 1.25 bits per heavy atom. The van der Waals surface area contributed by atoms with Crippen LogP contribution in [0.15, 0.2) is 17.2 Å². The summed E-state index contributed by atoms with van der Waals surface area (Å²) in [6.07, 6.45) is 13.4. The van der Waals surface area contributed by atoms with Gasteiger partial charge in [0.25, 0.3) is 0 Å². The molecule has 0 nitrogen and oxygen atoms in total. The van der Waals surface area contributed by atoms with E-state index >= 15 is 0 Å². The normalized spacial score (nSPS) is 15.5. The molecule has 0 radical (unpaired) electrons. The Hall–Kier alpha value is -0.000519. The summed E-state index contributed by atoms with van der Waals surface area (Å²) < 4.78 is 0. The molecule has 0 amide bonds. The Morgan fingerprint density at radius 2 is 1.94 bits per heavy atom. The van der Waals surface area contributed by atoms with Gasteiger partial charge in [-0.05, 0) is 5.41 Å². The van der Waals surface area contributed by atoms with Crippen molar-refractivity contribution < 1.29 is 17.1 Å².